The van der Waals surface area contributed by atoms with Gasteiger partial charge in [0, 0.05) is 17.5 Å². The Labute approximate surface area is 164 Å². The van der Waals surface area contributed by atoms with E-state index < -0.39 is 0 Å². The van der Waals surface area contributed by atoms with Crippen molar-refractivity contribution in [2.24, 2.45) is 0 Å². The molecule has 0 heterocycles. The molecule has 0 bridgehead atoms. The highest BCUT2D eigenvalue weighted by Gasteiger charge is 2.05. The van der Waals surface area contributed by atoms with Crippen LogP contribution < -0.4 is 10.6 Å². The highest BCUT2D eigenvalue weighted by molar-refractivity contribution is 6.02. The van der Waals surface area contributed by atoms with E-state index in [9.17, 15) is 9.59 Å². The third-order valence-corrected chi connectivity index (χ3v) is 4.13. The summed E-state index contributed by atoms with van der Waals surface area (Å²) >= 11 is 0. The number of hydrogen-bond acceptors (Lipinski definition) is 2. The molecular formula is C24H22N2O2. The van der Waals surface area contributed by atoms with Gasteiger partial charge in [0.1, 0.15) is 0 Å². The van der Waals surface area contributed by atoms with E-state index in [0.29, 0.717) is 17.8 Å². The van der Waals surface area contributed by atoms with Crippen LogP contribution in [-0.4, -0.2) is 11.8 Å². The van der Waals surface area contributed by atoms with E-state index in [1.165, 1.54) is 11.6 Å². The largest absolute Gasteiger partial charge is 0.326 e. The van der Waals surface area contributed by atoms with E-state index in [1.54, 1.807) is 30.3 Å². The van der Waals surface area contributed by atoms with Gasteiger partial charge in [-0.1, -0.05) is 66.2 Å². The molecule has 4 nitrogen and oxygen atoms in total. The third-order valence-electron chi connectivity index (χ3n) is 4.13. The van der Waals surface area contributed by atoms with Crippen LogP contribution in [0.1, 0.15) is 16.7 Å². The summed E-state index contributed by atoms with van der Waals surface area (Å²) in [4.78, 5) is 24.3. The number of nitrogens with one attached hydrogen (secondary N) is 2. The molecule has 0 unspecified atom stereocenters. The first-order valence-electron chi connectivity index (χ1n) is 9.08. The third kappa shape index (κ3) is 5.95. The van der Waals surface area contributed by atoms with Crippen LogP contribution in [-0.2, 0) is 16.0 Å². The van der Waals surface area contributed by atoms with Gasteiger partial charge < -0.3 is 10.6 Å². The van der Waals surface area contributed by atoms with Gasteiger partial charge in [-0.3, -0.25) is 9.59 Å². The minimum atomic E-state index is -0.228. The number of carbonyl (C=O) groups excluding carboxylic acids is 2. The van der Waals surface area contributed by atoms with E-state index in [4.69, 9.17) is 0 Å². The molecule has 3 aromatic carbocycles. The van der Waals surface area contributed by atoms with E-state index in [-0.39, 0.29) is 11.8 Å². The number of rotatable bonds is 6. The zero-order valence-corrected chi connectivity index (χ0v) is 15.7. The summed E-state index contributed by atoms with van der Waals surface area (Å²) in [6.07, 6.45) is 3.56. The molecule has 0 aliphatic carbocycles. The summed E-state index contributed by atoms with van der Waals surface area (Å²) in [7, 11) is 0. The number of benzene rings is 3. The normalized spacial score (nSPS) is 10.6. The van der Waals surface area contributed by atoms with Crippen molar-refractivity contribution in [2.75, 3.05) is 10.6 Å². The summed E-state index contributed by atoms with van der Waals surface area (Å²) in [6, 6.07) is 24.6. The SMILES string of the molecule is Cc1ccc(/C=C/C(=O)Nc2cccc(NC(=O)Cc3ccccc3)c2)cc1. The highest BCUT2D eigenvalue weighted by atomic mass is 16.2. The molecule has 0 saturated carbocycles. The van der Waals surface area contributed by atoms with Gasteiger partial charge in [0.15, 0.2) is 0 Å². The summed E-state index contributed by atoms with van der Waals surface area (Å²) < 4.78 is 0. The van der Waals surface area contributed by atoms with Crippen molar-refractivity contribution in [2.45, 2.75) is 13.3 Å². The van der Waals surface area contributed by atoms with Crippen LogP contribution in [0.15, 0.2) is 84.9 Å². The Morgan fingerprint density at radius 2 is 1.50 bits per heavy atom. The first-order valence-corrected chi connectivity index (χ1v) is 9.08. The minimum Gasteiger partial charge on any atom is -0.326 e. The van der Waals surface area contributed by atoms with Gasteiger partial charge >= 0.3 is 0 Å². The lowest BCUT2D eigenvalue weighted by atomic mass is 10.1. The monoisotopic (exact) mass is 370 g/mol. The highest BCUT2D eigenvalue weighted by Crippen LogP contribution is 2.16. The molecular weight excluding hydrogens is 348 g/mol. The van der Waals surface area contributed by atoms with E-state index in [0.717, 1.165) is 11.1 Å². The van der Waals surface area contributed by atoms with Crippen LogP contribution in [0.5, 0.6) is 0 Å². The molecule has 0 fully saturated rings. The van der Waals surface area contributed by atoms with E-state index in [1.807, 2.05) is 61.5 Å². The molecule has 2 N–H and O–H groups in total. The summed E-state index contributed by atoms with van der Waals surface area (Å²) in [5, 5.41) is 5.67. The lowest BCUT2D eigenvalue weighted by Crippen LogP contribution is -2.14. The molecule has 140 valence electrons. The van der Waals surface area contributed by atoms with Crippen LogP contribution in [0.3, 0.4) is 0 Å². The Morgan fingerprint density at radius 1 is 0.821 bits per heavy atom. The Kier molecular flexibility index (Phi) is 6.37. The van der Waals surface area contributed by atoms with Crippen molar-refractivity contribution < 1.29 is 9.59 Å². The fourth-order valence-electron chi connectivity index (χ4n) is 2.69. The first kappa shape index (κ1) is 19.1. The average Bonchev–Trinajstić information content (AvgIpc) is 2.68. The van der Waals surface area contributed by atoms with Gasteiger partial charge in [0.25, 0.3) is 0 Å². The number of aryl methyl sites for hydroxylation is 1. The van der Waals surface area contributed by atoms with Crippen molar-refractivity contribution >= 4 is 29.3 Å². The zero-order chi connectivity index (χ0) is 19.8. The molecule has 2 amide bonds. The average molecular weight is 370 g/mol. The van der Waals surface area contributed by atoms with Crippen molar-refractivity contribution in [1.29, 1.82) is 0 Å². The second-order valence-corrected chi connectivity index (χ2v) is 6.52. The smallest absolute Gasteiger partial charge is 0.248 e. The fourth-order valence-corrected chi connectivity index (χ4v) is 2.69. The molecule has 3 aromatic rings. The first-order chi connectivity index (χ1) is 13.6. The summed E-state index contributed by atoms with van der Waals surface area (Å²) in [6.45, 7) is 2.02. The van der Waals surface area contributed by atoms with Crippen LogP contribution >= 0.6 is 0 Å². The number of anilines is 2. The molecule has 28 heavy (non-hydrogen) atoms. The lowest BCUT2D eigenvalue weighted by Gasteiger charge is -2.08. The summed E-state index contributed by atoms with van der Waals surface area (Å²) in [5.41, 5.74) is 4.35. The maximum Gasteiger partial charge on any atom is 0.248 e. The van der Waals surface area contributed by atoms with Gasteiger partial charge in [-0.2, -0.15) is 0 Å². The van der Waals surface area contributed by atoms with Crippen molar-refractivity contribution in [1.82, 2.24) is 0 Å². The maximum absolute atomic E-state index is 12.2. The lowest BCUT2D eigenvalue weighted by molar-refractivity contribution is -0.115. The maximum atomic E-state index is 12.2. The topological polar surface area (TPSA) is 58.2 Å². The van der Waals surface area contributed by atoms with Gasteiger partial charge in [-0.15, -0.1) is 0 Å². The molecule has 0 aliphatic rings. The number of hydrogen-bond donors (Lipinski definition) is 2. The van der Waals surface area contributed by atoms with E-state index in [2.05, 4.69) is 10.6 Å². The summed E-state index contributed by atoms with van der Waals surface area (Å²) in [5.74, 6) is -0.331. The van der Waals surface area contributed by atoms with Crippen molar-refractivity contribution in [3.63, 3.8) is 0 Å². The molecule has 3 rings (SSSR count). The van der Waals surface area contributed by atoms with E-state index >= 15 is 0 Å². The predicted octanol–water partition coefficient (Wildman–Crippen LogP) is 4.83. The number of carbonyl (C=O) groups is 2. The Balaban J connectivity index is 1.57. The Bertz CT molecular complexity index is 977. The van der Waals surface area contributed by atoms with Crippen molar-refractivity contribution in [3.8, 4) is 0 Å². The number of amides is 2. The van der Waals surface area contributed by atoms with Crippen LogP contribution in [0, 0.1) is 6.92 Å². The predicted molar refractivity (Wildman–Crippen MR) is 114 cm³/mol. The van der Waals surface area contributed by atoms with Gasteiger partial charge in [0.05, 0.1) is 6.42 Å². The van der Waals surface area contributed by atoms with Gasteiger partial charge in [-0.05, 0) is 42.3 Å². The molecule has 0 spiro atoms. The van der Waals surface area contributed by atoms with Crippen LogP contribution in [0.4, 0.5) is 11.4 Å². The Hall–Kier alpha value is -3.66. The zero-order valence-electron chi connectivity index (χ0n) is 15.7. The minimum absolute atomic E-state index is 0.103. The molecule has 4 heteroatoms. The molecule has 0 atom stereocenters. The molecule has 0 radical (unpaired) electrons. The second-order valence-electron chi connectivity index (χ2n) is 6.52. The van der Waals surface area contributed by atoms with Gasteiger partial charge in [-0.25, -0.2) is 0 Å². The molecule has 0 aliphatic heterocycles. The standard InChI is InChI=1S/C24H22N2O2/c1-18-10-12-19(13-11-18)14-15-23(27)25-21-8-5-9-22(17-21)26-24(28)16-20-6-3-2-4-7-20/h2-15,17H,16H2,1H3,(H,25,27)(H,26,28)/b15-14+. The molecule has 0 saturated heterocycles. The van der Waals surface area contributed by atoms with Crippen molar-refractivity contribution in [3.05, 3.63) is 102 Å². The van der Waals surface area contributed by atoms with Crippen LogP contribution in [0.25, 0.3) is 6.08 Å². The fraction of sp³-hybridized carbons (Fsp3) is 0.0833. The second kappa shape index (κ2) is 9.33. The van der Waals surface area contributed by atoms with Gasteiger partial charge in [0.2, 0.25) is 11.8 Å². The Morgan fingerprint density at radius 3 is 2.21 bits per heavy atom. The molecule has 0 aromatic heterocycles. The van der Waals surface area contributed by atoms with Crippen LogP contribution in [0.2, 0.25) is 0 Å². The quantitative estimate of drug-likeness (QED) is 0.611.